The molecule has 0 aromatic heterocycles. The number of aliphatic imine (C=N–C) groups is 1. The van der Waals surface area contributed by atoms with Crippen LogP contribution in [-0.2, 0) is 13.0 Å². The van der Waals surface area contributed by atoms with Crippen molar-refractivity contribution in [3.8, 4) is 0 Å². The highest BCUT2D eigenvalue weighted by Crippen LogP contribution is 2.34. The van der Waals surface area contributed by atoms with Gasteiger partial charge in [0.25, 0.3) is 0 Å². The molecule has 1 aromatic carbocycles. The Morgan fingerprint density at radius 1 is 1.11 bits per heavy atom. The third kappa shape index (κ3) is 7.57. The number of benzene rings is 1. The van der Waals surface area contributed by atoms with Crippen LogP contribution >= 0.6 is 11.9 Å². The normalized spacial score (nSPS) is 23.3. The van der Waals surface area contributed by atoms with Crippen molar-refractivity contribution in [2.45, 2.75) is 84.1 Å². The number of piperazine rings is 1. The summed E-state index contributed by atoms with van der Waals surface area (Å²) in [6.07, 6.45) is 8.71. The summed E-state index contributed by atoms with van der Waals surface area (Å²) in [4.78, 5) is 12.3. The molecular formula is C31H50N6S. The Morgan fingerprint density at radius 2 is 1.82 bits per heavy atom. The van der Waals surface area contributed by atoms with E-state index in [2.05, 4.69) is 84.9 Å². The van der Waals surface area contributed by atoms with Gasteiger partial charge in [-0.25, -0.2) is 4.99 Å². The van der Waals surface area contributed by atoms with Crippen molar-refractivity contribution in [1.29, 1.82) is 0 Å². The first-order valence-corrected chi connectivity index (χ1v) is 15.5. The summed E-state index contributed by atoms with van der Waals surface area (Å²) in [5.74, 6) is 2.27. The van der Waals surface area contributed by atoms with E-state index in [1.807, 2.05) is 18.0 Å². The molecule has 4 rings (SSSR count). The second-order valence-corrected chi connectivity index (χ2v) is 13.3. The quantitative estimate of drug-likeness (QED) is 0.284. The molecule has 0 saturated carbocycles. The largest absolute Gasteiger partial charge is 0.384 e. The molecule has 38 heavy (non-hydrogen) atoms. The Hall–Kier alpha value is -1.96. The van der Waals surface area contributed by atoms with E-state index in [0.29, 0.717) is 23.0 Å². The van der Waals surface area contributed by atoms with Crippen LogP contribution < -0.4 is 5.73 Å². The van der Waals surface area contributed by atoms with Crippen molar-refractivity contribution in [2.24, 2.45) is 10.7 Å². The Balaban J connectivity index is 1.54. The van der Waals surface area contributed by atoms with Crippen LogP contribution in [0.3, 0.4) is 0 Å². The van der Waals surface area contributed by atoms with E-state index >= 15 is 0 Å². The third-order valence-electron chi connectivity index (χ3n) is 8.19. The first kappa shape index (κ1) is 29.0. The standard InChI is InChI=1S/C31H50N6S/c1-7-8-30(32)33-31(20-24(4)35-17-15-34(6)16-18-35)37-22-29-21-28(10-9-27(29)19-25(37)5)26-11-13-36(14-12-26)38-23(2)3/h8-10,20-21,23,25-26H,7,11-19,22,32H2,1-6H3/b24-20+,30-8+,33-31+. The van der Waals surface area contributed by atoms with Gasteiger partial charge in [-0.05, 0) is 81.3 Å². The fraction of sp³-hybridized carbons (Fsp3) is 0.645. The second-order valence-electron chi connectivity index (χ2n) is 11.6. The summed E-state index contributed by atoms with van der Waals surface area (Å²) in [5.41, 5.74) is 12.1. The predicted octanol–water partition coefficient (Wildman–Crippen LogP) is 5.43. The molecule has 1 atom stereocenters. The summed E-state index contributed by atoms with van der Waals surface area (Å²) in [6, 6.07) is 7.69. The van der Waals surface area contributed by atoms with Crippen LogP contribution in [0, 0.1) is 0 Å². The maximum Gasteiger partial charge on any atom is 0.133 e. The minimum atomic E-state index is 0.370. The summed E-state index contributed by atoms with van der Waals surface area (Å²) < 4.78 is 2.56. The number of nitrogens with zero attached hydrogens (tertiary/aromatic N) is 5. The van der Waals surface area contributed by atoms with Crippen molar-refractivity contribution in [2.75, 3.05) is 46.3 Å². The highest BCUT2D eigenvalue weighted by Gasteiger charge is 2.28. The monoisotopic (exact) mass is 538 g/mol. The molecule has 3 aliphatic rings. The average Bonchev–Trinajstić information content (AvgIpc) is 2.88. The molecule has 0 radical (unpaired) electrons. The highest BCUT2D eigenvalue weighted by atomic mass is 32.2. The van der Waals surface area contributed by atoms with Gasteiger partial charge in [-0.1, -0.05) is 50.9 Å². The van der Waals surface area contributed by atoms with Crippen LogP contribution in [0.1, 0.15) is 76.5 Å². The summed E-state index contributed by atoms with van der Waals surface area (Å²) >= 11 is 2.01. The number of rotatable bonds is 7. The Morgan fingerprint density at radius 3 is 2.47 bits per heavy atom. The van der Waals surface area contributed by atoms with E-state index in [-0.39, 0.29) is 0 Å². The summed E-state index contributed by atoms with van der Waals surface area (Å²) in [5, 5.41) is 0.661. The molecule has 0 amide bonds. The van der Waals surface area contributed by atoms with Crippen LogP contribution in [-0.4, -0.2) is 82.4 Å². The molecular weight excluding hydrogens is 488 g/mol. The van der Waals surface area contributed by atoms with Gasteiger partial charge in [0.05, 0.1) is 0 Å². The molecule has 1 unspecified atom stereocenters. The van der Waals surface area contributed by atoms with Crippen LogP contribution in [0.4, 0.5) is 0 Å². The van der Waals surface area contributed by atoms with Crippen LogP contribution in [0.5, 0.6) is 0 Å². The lowest BCUT2D eigenvalue weighted by Crippen LogP contribution is -2.45. The molecule has 0 bridgehead atoms. The molecule has 2 fully saturated rings. The number of piperidine rings is 1. The Bertz CT molecular complexity index is 1020. The number of nitrogens with two attached hydrogens (primary N) is 1. The maximum atomic E-state index is 6.36. The molecule has 2 N–H and O–H groups in total. The molecule has 7 heteroatoms. The van der Waals surface area contributed by atoms with Crippen LogP contribution in [0.15, 0.2) is 46.9 Å². The van der Waals surface area contributed by atoms with Gasteiger partial charge < -0.3 is 20.4 Å². The van der Waals surface area contributed by atoms with Gasteiger partial charge in [0.15, 0.2) is 0 Å². The molecule has 6 nitrogen and oxygen atoms in total. The molecule has 0 aliphatic carbocycles. The third-order valence-corrected chi connectivity index (χ3v) is 9.28. The van der Waals surface area contributed by atoms with Gasteiger partial charge >= 0.3 is 0 Å². The van der Waals surface area contributed by atoms with Gasteiger partial charge in [-0.15, -0.1) is 0 Å². The smallest absolute Gasteiger partial charge is 0.133 e. The molecule has 3 heterocycles. The number of hydrogen-bond acceptors (Lipinski definition) is 6. The first-order chi connectivity index (χ1) is 18.2. The summed E-state index contributed by atoms with van der Waals surface area (Å²) in [6.45, 7) is 18.8. The van der Waals surface area contributed by atoms with Gasteiger partial charge in [-0.2, -0.15) is 0 Å². The maximum absolute atomic E-state index is 6.36. The van der Waals surface area contributed by atoms with Crippen molar-refractivity contribution < 1.29 is 0 Å². The van der Waals surface area contributed by atoms with Crippen LogP contribution in [0.25, 0.3) is 0 Å². The van der Waals surface area contributed by atoms with Gasteiger partial charge in [-0.3, -0.25) is 4.31 Å². The lowest BCUT2D eigenvalue weighted by molar-refractivity contribution is 0.186. The van der Waals surface area contributed by atoms with Crippen molar-refractivity contribution in [3.63, 3.8) is 0 Å². The molecule has 1 aromatic rings. The van der Waals surface area contributed by atoms with Crippen molar-refractivity contribution in [1.82, 2.24) is 19.0 Å². The van der Waals surface area contributed by atoms with Gasteiger partial charge in [0, 0.05) is 62.8 Å². The lowest BCUT2D eigenvalue weighted by atomic mass is 9.86. The Kier molecular flexibility index (Phi) is 10.2. The predicted molar refractivity (Wildman–Crippen MR) is 164 cm³/mol. The van der Waals surface area contributed by atoms with E-state index in [9.17, 15) is 0 Å². The SMILES string of the molecule is CC/C=C(N)/N=C(\C=C(/C)N1CCN(C)CC1)N1Cc2cc(C3CCN(SC(C)C)CC3)ccc2CC1C. The van der Waals surface area contributed by atoms with E-state index in [1.54, 1.807) is 0 Å². The lowest BCUT2D eigenvalue weighted by Gasteiger charge is -2.39. The van der Waals surface area contributed by atoms with E-state index in [4.69, 9.17) is 10.7 Å². The number of allylic oxidation sites excluding steroid dienone is 2. The van der Waals surface area contributed by atoms with Gasteiger partial charge in [0.2, 0.25) is 0 Å². The summed E-state index contributed by atoms with van der Waals surface area (Å²) in [7, 11) is 2.20. The molecule has 2 saturated heterocycles. The first-order valence-electron chi connectivity index (χ1n) is 14.7. The van der Waals surface area contributed by atoms with Crippen molar-refractivity contribution in [3.05, 3.63) is 58.6 Å². The number of fused-ring (bicyclic) bond motifs is 1. The zero-order valence-corrected chi connectivity index (χ0v) is 25.4. The minimum Gasteiger partial charge on any atom is -0.384 e. The molecule has 3 aliphatic heterocycles. The number of hydrogen-bond donors (Lipinski definition) is 1. The topological polar surface area (TPSA) is 51.3 Å². The zero-order chi connectivity index (χ0) is 27.2. The van der Waals surface area contributed by atoms with E-state index in [1.165, 1.54) is 48.3 Å². The average molecular weight is 539 g/mol. The molecule has 210 valence electrons. The minimum absolute atomic E-state index is 0.370. The molecule has 0 spiro atoms. The Labute approximate surface area is 236 Å². The number of amidine groups is 1. The highest BCUT2D eigenvalue weighted by molar-refractivity contribution is 7.97. The fourth-order valence-electron chi connectivity index (χ4n) is 5.92. The van der Waals surface area contributed by atoms with E-state index in [0.717, 1.165) is 51.4 Å². The van der Waals surface area contributed by atoms with Gasteiger partial charge in [0.1, 0.15) is 11.7 Å². The fourth-order valence-corrected chi connectivity index (χ4v) is 6.94. The second kappa shape index (κ2) is 13.4. The van der Waals surface area contributed by atoms with E-state index < -0.39 is 0 Å². The zero-order valence-electron chi connectivity index (χ0n) is 24.6. The number of likely N-dealkylation sites (N-methyl/N-ethyl adjacent to an activating group) is 1. The van der Waals surface area contributed by atoms with Crippen LogP contribution in [0.2, 0.25) is 0 Å². The van der Waals surface area contributed by atoms with Crippen molar-refractivity contribution >= 4 is 17.8 Å².